The second-order valence-corrected chi connectivity index (χ2v) is 9.90. The summed E-state index contributed by atoms with van der Waals surface area (Å²) in [7, 11) is 0. The van der Waals surface area contributed by atoms with Gasteiger partial charge in [0.05, 0.1) is 21.2 Å². The van der Waals surface area contributed by atoms with Gasteiger partial charge in [0, 0.05) is 41.6 Å². The number of benzene rings is 3. The number of aromatic nitrogens is 2. The first-order chi connectivity index (χ1) is 18.0. The van der Waals surface area contributed by atoms with E-state index in [0.717, 1.165) is 41.2 Å². The number of piperidine rings is 1. The third-order valence-electron chi connectivity index (χ3n) is 6.68. The fourth-order valence-electron chi connectivity index (χ4n) is 4.77. The van der Waals surface area contributed by atoms with E-state index in [4.69, 9.17) is 0 Å². The molecule has 0 bridgehead atoms. The molecule has 5 nitrogen and oxygen atoms in total. The fourth-order valence-corrected chi connectivity index (χ4v) is 5.43. The summed E-state index contributed by atoms with van der Waals surface area (Å²) in [6.45, 7) is 0.813. The summed E-state index contributed by atoms with van der Waals surface area (Å²) >= 11 is 1.55. The lowest BCUT2D eigenvalue weighted by Gasteiger charge is -2.27. The van der Waals surface area contributed by atoms with Crippen molar-refractivity contribution in [3.05, 3.63) is 83.3 Å². The van der Waals surface area contributed by atoms with Gasteiger partial charge in [-0.2, -0.15) is 0 Å². The molecule has 9 heteroatoms. The van der Waals surface area contributed by atoms with Gasteiger partial charge in [0.1, 0.15) is 11.4 Å². The number of nitrogens with one attached hydrogen (secondary N) is 1. The molecule has 1 aliphatic rings. The van der Waals surface area contributed by atoms with Crippen LogP contribution in [0.2, 0.25) is 0 Å². The average molecular weight is 519 g/mol. The number of hydrogen-bond donors (Lipinski definition) is 1. The molecule has 5 aromatic rings. The Balaban J connectivity index is 1.39. The van der Waals surface area contributed by atoms with E-state index in [0.29, 0.717) is 29.7 Å². The molecule has 1 saturated heterocycles. The normalized spacial score (nSPS) is 13.9. The first-order valence-electron chi connectivity index (χ1n) is 12.0. The minimum absolute atomic E-state index is 0.259. The molecular formula is C28H21F3N4OS. The van der Waals surface area contributed by atoms with Crippen molar-refractivity contribution in [3.63, 3.8) is 0 Å². The highest BCUT2D eigenvalue weighted by Crippen LogP contribution is 2.34. The van der Waals surface area contributed by atoms with Crippen molar-refractivity contribution >= 4 is 49.7 Å². The number of thiazole rings is 1. The Kier molecular flexibility index (Phi) is 6.00. The van der Waals surface area contributed by atoms with Crippen molar-refractivity contribution < 1.29 is 18.0 Å². The molecule has 0 atom stereocenters. The predicted octanol–water partition coefficient (Wildman–Crippen LogP) is 7.30. The molecule has 37 heavy (non-hydrogen) atoms. The molecule has 3 heterocycles. The van der Waals surface area contributed by atoms with Gasteiger partial charge in [0.25, 0.3) is 5.91 Å². The number of halogens is 3. The van der Waals surface area contributed by atoms with Gasteiger partial charge in [-0.05, 0) is 67.3 Å². The Morgan fingerprint density at radius 1 is 0.892 bits per heavy atom. The summed E-state index contributed by atoms with van der Waals surface area (Å²) in [6.07, 6.45) is 4.12. The van der Waals surface area contributed by atoms with Crippen LogP contribution < -0.4 is 5.32 Å². The lowest BCUT2D eigenvalue weighted by molar-refractivity contribution is 0.0713. The Morgan fingerprint density at radius 3 is 2.57 bits per heavy atom. The Labute approximate surface area is 214 Å². The van der Waals surface area contributed by atoms with Crippen LogP contribution in [0.15, 0.2) is 60.2 Å². The largest absolute Gasteiger partial charge is 0.355 e. The van der Waals surface area contributed by atoms with Crippen LogP contribution >= 0.6 is 11.3 Å². The van der Waals surface area contributed by atoms with E-state index in [1.807, 2.05) is 18.2 Å². The number of pyridine rings is 1. The van der Waals surface area contributed by atoms with E-state index in [1.54, 1.807) is 47.3 Å². The molecule has 0 aliphatic carbocycles. The van der Waals surface area contributed by atoms with Gasteiger partial charge in [0.2, 0.25) is 0 Å². The zero-order valence-corrected chi connectivity index (χ0v) is 20.4. The van der Waals surface area contributed by atoms with E-state index >= 15 is 13.2 Å². The third kappa shape index (κ3) is 4.29. The van der Waals surface area contributed by atoms with Gasteiger partial charge in [-0.25, -0.2) is 18.2 Å². The molecular weight excluding hydrogens is 497 g/mol. The van der Waals surface area contributed by atoms with Crippen molar-refractivity contribution in [2.45, 2.75) is 19.3 Å². The first-order valence-corrected chi connectivity index (χ1v) is 12.8. The molecule has 186 valence electrons. The number of amides is 1. The quantitative estimate of drug-likeness (QED) is 0.254. The molecule has 3 aromatic carbocycles. The van der Waals surface area contributed by atoms with E-state index in [9.17, 15) is 4.79 Å². The van der Waals surface area contributed by atoms with Crippen LogP contribution in [0.25, 0.3) is 32.2 Å². The van der Waals surface area contributed by atoms with Gasteiger partial charge in [0.15, 0.2) is 11.6 Å². The summed E-state index contributed by atoms with van der Waals surface area (Å²) in [5, 5.41) is 3.98. The Hall–Kier alpha value is -3.98. The molecule has 0 saturated carbocycles. The van der Waals surface area contributed by atoms with Gasteiger partial charge in [-0.1, -0.05) is 6.07 Å². The molecule has 1 aliphatic heterocycles. The predicted molar refractivity (Wildman–Crippen MR) is 140 cm³/mol. The van der Waals surface area contributed by atoms with Crippen LogP contribution in [0.5, 0.6) is 0 Å². The summed E-state index contributed by atoms with van der Waals surface area (Å²) in [4.78, 5) is 22.8. The van der Waals surface area contributed by atoms with Crippen LogP contribution in [0, 0.1) is 17.5 Å². The van der Waals surface area contributed by atoms with Crippen molar-refractivity contribution in [1.29, 1.82) is 0 Å². The average Bonchev–Trinajstić information content (AvgIpc) is 3.39. The number of carbonyl (C=O) groups excluding carboxylic acids is 1. The van der Waals surface area contributed by atoms with Crippen LogP contribution in [0.4, 0.5) is 24.5 Å². The summed E-state index contributed by atoms with van der Waals surface area (Å²) in [6, 6.07) is 13.4. The van der Waals surface area contributed by atoms with Crippen molar-refractivity contribution in [2.24, 2.45) is 0 Å². The third-order valence-corrected chi connectivity index (χ3v) is 7.49. The minimum Gasteiger partial charge on any atom is -0.355 e. The van der Waals surface area contributed by atoms with Crippen molar-refractivity contribution in [3.8, 4) is 11.1 Å². The second-order valence-electron chi connectivity index (χ2n) is 9.01. The van der Waals surface area contributed by atoms with E-state index in [2.05, 4.69) is 15.3 Å². The molecule has 0 unspecified atom stereocenters. The fraction of sp³-hybridized carbons (Fsp3) is 0.179. The summed E-state index contributed by atoms with van der Waals surface area (Å²) < 4.78 is 46.5. The van der Waals surface area contributed by atoms with Crippen molar-refractivity contribution in [1.82, 2.24) is 14.9 Å². The second kappa shape index (κ2) is 9.48. The number of likely N-dealkylation sites (tertiary alicyclic amines) is 1. The molecule has 6 rings (SSSR count). The SMILES string of the molecule is O=C(c1c(F)cc(-c2ccc3nccc(Nc4ccc5scnc5c4)c3c2)c(F)c1F)N1CCCCC1. The van der Waals surface area contributed by atoms with E-state index < -0.39 is 28.9 Å². The smallest absolute Gasteiger partial charge is 0.259 e. The van der Waals surface area contributed by atoms with E-state index in [-0.39, 0.29) is 11.1 Å². The van der Waals surface area contributed by atoms with Gasteiger partial charge in [-0.3, -0.25) is 9.78 Å². The number of rotatable bonds is 4. The molecule has 0 spiro atoms. The lowest BCUT2D eigenvalue weighted by atomic mass is 9.99. The molecule has 1 N–H and O–H groups in total. The zero-order chi connectivity index (χ0) is 25.5. The summed E-state index contributed by atoms with van der Waals surface area (Å²) in [5.74, 6) is -4.61. The van der Waals surface area contributed by atoms with Crippen LogP contribution in [-0.4, -0.2) is 33.9 Å². The van der Waals surface area contributed by atoms with Crippen LogP contribution in [0.3, 0.4) is 0 Å². The molecule has 2 aromatic heterocycles. The number of hydrogen-bond acceptors (Lipinski definition) is 5. The van der Waals surface area contributed by atoms with Gasteiger partial charge in [-0.15, -0.1) is 11.3 Å². The highest BCUT2D eigenvalue weighted by Gasteiger charge is 2.29. The highest BCUT2D eigenvalue weighted by molar-refractivity contribution is 7.16. The highest BCUT2D eigenvalue weighted by atomic mass is 32.1. The van der Waals surface area contributed by atoms with Gasteiger partial charge >= 0.3 is 0 Å². The summed E-state index contributed by atoms with van der Waals surface area (Å²) in [5.41, 5.74) is 3.94. The molecule has 0 radical (unpaired) electrons. The Bertz CT molecular complexity index is 1660. The zero-order valence-electron chi connectivity index (χ0n) is 19.6. The van der Waals surface area contributed by atoms with Crippen molar-refractivity contribution in [2.75, 3.05) is 18.4 Å². The first kappa shape index (κ1) is 23.4. The number of carbonyl (C=O) groups is 1. The van der Waals surface area contributed by atoms with Crippen LogP contribution in [0.1, 0.15) is 29.6 Å². The monoisotopic (exact) mass is 518 g/mol. The molecule has 1 fully saturated rings. The topological polar surface area (TPSA) is 58.1 Å². The standard InChI is InChI=1S/C28H21F3N4OS/c29-20-14-18(26(30)27(31)25(20)28(36)35-10-2-1-3-11-35)16-4-6-21-19(12-16)22(8-9-32-21)34-17-5-7-24-23(13-17)33-15-37-24/h4-9,12-15H,1-3,10-11H2,(H,32,34). The Morgan fingerprint density at radius 2 is 1.73 bits per heavy atom. The lowest BCUT2D eigenvalue weighted by Crippen LogP contribution is -2.36. The maximum atomic E-state index is 15.3. The number of anilines is 2. The molecule has 1 amide bonds. The van der Waals surface area contributed by atoms with E-state index in [1.165, 1.54) is 4.90 Å². The number of nitrogens with zero attached hydrogens (tertiary/aromatic N) is 3. The van der Waals surface area contributed by atoms with Crippen LogP contribution in [-0.2, 0) is 0 Å². The maximum absolute atomic E-state index is 15.3. The minimum atomic E-state index is -1.47. The van der Waals surface area contributed by atoms with Gasteiger partial charge < -0.3 is 10.2 Å². The maximum Gasteiger partial charge on any atom is 0.259 e. The number of fused-ring (bicyclic) bond motifs is 2.